The lowest BCUT2D eigenvalue weighted by molar-refractivity contribution is 0.00578. The number of hydrogen-bond acceptors (Lipinski definition) is 3. The Morgan fingerprint density at radius 2 is 1.60 bits per heavy atom. The standard InChI is InChI=1S/C15H22BClO3/c1-13(2,18)11-8-7-10(9-12(11)17)16-19-14(3,4)15(5,6)20-16/h7-9,18H,1-6H3. The fraction of sp³-hybridized carbons (Fsp3) is 0.600. The summed E-state index contributed by atoms with van der Waals surface area (Å²) in [6.45, 7) is 11.5. The molecular weight excluding hydrogens is 274 g/mol. The van der Waals surface area contributed by atoms with Gasteiger partial charge in [0.1, 0.15) is 0 Å². The molecule has 110 valence electrons. The van der Waals surface area contributed by atoms with Crippen molar-refractivity contribution in [1.29, 1.82) is 0 Å². The van der Waals surface area contributed by atoms with E-state index in [1.807, 2.05) is 39.8 Å². The lowest BCUT2D eigenvalue weighted by Crippen LogP contribution is -2.41. The molecule has 0 saturated carbocycles. The van der Waals surface area contributed by atoms with Crippen LogP contribution in [0.4, 0.5) is 0 Å². The second-order valence-corrected chi connectivity index (χ2v) is 7.29. The maximum absolute atomic E-state index is 10.0. The molecule has 1 N–H and O–H groups in total. The summed E-state index contributed by atoms with van der Waals surface area (Å²) in [7, 11) is -0.437. The summed E-state index contributed by atoms with van der Waals surface area (Å²) in [6, 6.07) is 5.51. The highest BCUT2D eigenvalue weighted by Crippen LogP contribution is 2.37. The number of benzene rings is 1. The zero-order chi connectivity index (χ0) is 15.3. The summed E-state index contributed by atoms with van der Waals surface area (Å²) in [5.41, 5.74) is -0.162. The molecule has 1 aliphatic heterocycles. The molecule has 0 bridgehead atoms. The van der Waals surface area contributed by atoms with E-state index in [1.54, 1.807) is 19.9 Å². The topological polar surface area (TPSA) is 38.7 Å². The third kappa shape index (κ3) is 2.75. The van der Waals surface area contributed by atoms with Crippen molar-refractivity contribution in [2.45, 2.75) is 58.3 Å². The van der Waals surface area contributed by atoms with Crippen molar-refractivity contribution in [3.05, 3.63) is 28.8 Å². The van der Waals surface area contributed by atoms with Gasteiger partial charge in [-0.25, -0.2) is 0 Å². The molecule has 20 heavy (non-hydrogen) atoms. The lowest BCUT2D eigenvalue weighted by Gasteiger charge is -2.32. The van der Waals surface area contributed by atoms with E-state index in [-0.39, 0.29) is 11.2 Å². The third-order valence-electron chi connectivity index (χ3n) is 4.18. The summed E-state index contributed by atoms with van der Waals surface area (Å²) < 4.78 is 12.0. The van der Waals surface area contributed by atoms with Gasteiger partial charge < -0.3 is 14.4 Å². The first kappa shape index (κ1) is 15.8. The third-order valence-corrected chi connectivity index (χ3v) is 4.49. The van der Waals surface area contributed by atoms with Crippen molar-refractivity contribution in [2.24, 2.45) is 0 Å². The zero-order valence-corrected chi connectivity index (χ0v) is 13.7. The second kappa shape index (κ2) is 4.74. The molecular formula is C15H22BClO3. The minimum Gasteiger partial charge on any atom is -0.399 e. The van der Waals surface area contributed by atoms with Gasteiger partial charge in [-0.2, -0.15) is 0 Å². The molecule has 1 aliphatic rings. The van der Waals surface area contributed by atoms with Crippen LogP contribution in [0.2, 0.25) is 5.02 Å². The Bertz CT molecular complexity index is 504. The Balaban J connectivity index is 2.31. The molecule has 1 aromatic rings. The number of aliphatic hydroxyl groups is 1. The summed E-state index contributed by atoms with van der Waals surface area (Å²) in [5, 5.41) is 10.6. The average molecular weight is 297 g/mol. The highest BCUT2D eigenvalue weighted by Gasteiger charge is 2.51. The van der Waals surface area contributed by atoms with Crippen molar-refractivity contribution < 1.29 is 14.4 Å². The molecule has 0 aliphatic carbocycles. The average Bonchev–Trinajstić information content (AvgIpc) is 2.46. The molecule has 0 unspecified atom stereocenters. The quantitative estimate of drug-likeness (QED) is 0.853. The molecule has 1 fully saturated rings. The molecule has 1 aromatic carbocycles. The molecule has 0 atom stereocenters. The normalized spacial score (nSPS) is 21.3. The molecule has 1 saturated heterocycles. The predicted molar refractivity (Wildman–Crippen MR) is 82.4 cm³/mol. The van der Waals surface area contributed by atoms with Crippen LogP contribution in [0.1, 0.15) is 47.1 Å². The van der Waals surface area contributed by atoms with Gasteiger partial charge in [0.2, 0.25) is 0 Å². The van der Waals surface area contributed by atoms with Gasteiger partial charge in [-0.3, -0.25) is 0 Å². The first-order chi connectivity index (χ1) is 8.94. The van der Waals surface area contributed by atoms with Crippen LogP contribution >= 0.6 is 11.6 Å². The van der Waals surface area contributed by atoms with E-state index < -0.39 is 12.7 Å². The lowest BCUT2D eigenvalue weighted by atomic mass is 9.78. The predicted octanol–water partition coefficient (Wildman–Crippen LogP) is 2.87. The number of hydrogen-bond donors (Lipinski definition) is 1. The van der Waals surface area contributed by atoms with Gasteiger partial charge in [-0.1, -0.05) is 23.7 Å². The van der Waals surface area contributed by atoms with E-state index in [2.05, 4.69) is 0 Å². The van der Waals surface area contributed by atoms with Crippen LogP contribution in [0.3, 0.4) is 0 Å². The number of rotatable bonds is 2. The molecule has 0 spiro atoms. The van der Waals surface area contributed by atoms with E-state index in [9.17, 15) is 5.11 Å². The van der Waals surface area contributed by atoms with E-state index in [0.29, 0.717) is 10.6 Å². The fourth-order valence-corrected chi connectivity index (χ4v) is 2.57. The summed E-state index contributed by atoms with van der Waals surface area (Å²) in [4.78, 5) is 0. The SMILES string of the molecule is CC(C)(O)c1ccc(B2OC(C)(C)C(C)(C)O2)cc1Cl. The Kier molecular flexibility index (Phi) is 3.75. The summed E-state index contributed by atoms with van der Waals surface area (Å²) in [6.07, 6.45) is 0. The maximum atomic E-state index is 10.0. The van der Waals surface area contributed by atoms with Crippen LogP contribution < -0.4 is 5.46 Å². The first-order valence-electron chi connectivity index (χ1n) is 6.82. The van der Waals surface area contributed by atoms with E-state index >= 15 is 0 Å². The van der Waals surface area contributed by atoms with Crippen molar-refractivity contribution in [1.82, 2.24) is 0 Å². The molecule has 3 nitrogen and oxygen atoms in total. The monoisotopic (exact) mass is 296 g/mol. The van der Waals surface area contributed by atoms with Gasteiger partial charge in [0.15, 0.2) is 0 Å². The van der Waals surface area contributed by atoms with Gasteiger partial charge in [-0.05, 0) is 53.1 Å². The van der Waals surface area contributed by atoms with E-state index in [1.165, 1.54) is 0 Å². The summed E-state index contributed by atoms with van der Waals surface area (Å²) >= 11 is 6.26. The van der Waals surface area contributed by atoms with Crippen molar-refractivity contribution >= 4 is 24.2 Å². The van der Waals surface area contributed by atoms with E-state index in [0.717, 1.165) is 5.46 Å². The highest BCUT2D eigenvalue weighted by atomic mass is 35.5. The van der Waals surface area contributed by atoms with Gasteiger partial charge in [0.25, 0.3) is 0 Å². The minimum absolute atomic E-state index is 0.376. The molecule has 0 amide bonds. The maximum Gasteiger partial charge on any atom is 0.494 e. The Labute approximate surface area is 126 Å². The van der Waals surface area contributed by atoms with Crippen LogP contribution in [0.25, 0.3) is 0 Å². The largest absolute Gasteiger partial charge is 0.494 e. The van der Waals surface area contributed by atoms with Gasteiger partial charge >= 0.3 is 7.12 Å². The highest BCUT2D eigenvalue weighted by molar-refractivity contribution is 6.62. The van der Waals surface area contributed by atoms with Gasteiger partial charge in [0, 0.05) is 10.6 Å². The van der Waals surface area contributed by atoms with Crippen LogP contribution in [0.5, 0.6) is 0 Å². The Morgan fingerprint density at radius 3 is 2.00 bits per heavy atom. The fourth-order valence-electron chi connectivity index (χ4n) is 2.15. The molecule has 2 rings (SSSR count). The molecule has 5 heteroatoms. The van der Waals surface area contributed by atoms with Gasteiger partial charge in [0.05, 0.1) is 16.8 Å². The Morgan fingerprint density at radius 1 is 1.10 bits per heavy atom. The second-order valence-electron chi connectivity index (χ2n) is 6.89. The number of halogens is 1. The zero-order valence-electron chi connectivity index (χ0n) is 13.0. The molecule has 1 heterocycles. The summed E-state index contributed by atoms with van der Waals surface area (Å²) in [5.74, 6) is 0. The van der Waals surface area contributed by atoms with Crippen molar-refractivity contribution in [3.8, 4) is 0 Å². The molecule has 0 radical (unpaired) electrons. The molecule has 0 aromatic heterocycles. The van der Waals surface area contributed by atoms with Crippen LogP contribution in [0, 0.1) is 0 Å². The smallest absolute Gasteiger partial charge is 0.399 e. The van der Waals surface area contributed by atoms with Crippen molar-refractivity contribution in [3.63, 3.8) is 0 Å². The Hall–Kier alpha value is -0.545. The van der Waals surface area contributed by atoms with Gasteiger partial charge in [-0.15, -0.1) is 0 Å². The first-order valence-corrected chi connectivity index (χ1v) is 7.20. The van der Waals surface area contributed by atoms with Crippen LogP contribution in [-0.4, -0.2) is 23.4 Å². The van der Waals surface area contributed by atoms with Crippen LogP contribution in [-0.2, 0) is 14.9 Å². The minimum atomic E-state index is -0.967. The van der Waals surface area contributed by atoms with Crippen LogP contribution in [0.15, 0.2) is 18.2 Å². The van der Waals surface area contributed by atoms with Crippen molar-refractivity contribution in [2.75, 3.05) is 0 Å². The van der Waals surface area contributed by atoms with E-state index in [4.69, 9.17) is 20.9 Å².